The van der Waals surface area contributed by atoms with Gasteiger partial charge in [-0.25, -0.2) is 0 Å². The number of thioether (sulfide) groups is 1. The first-order chi connectivity index (χ1) is 9.15. The highest BCUT2D eigenvalue weighted by Gasteiger charge is 2.23. The fourth-order valence-electron chi connectivity index (χ4n) is 1.71. The van der Waals surface area contributed by atoms with Crippen LogP contribution in [0.1, 0.15) is 6.92 Å². The van der Waals surface area contributed by atoms with E-state index in [1.807, 2.05) is 11.8 Å². The van der Waals surface area contributed by atoms with Crippen molar-refractivity contribution in [2.24, 2.45) is 0 Å². The van der Waals surface area contributed by atoms with Crippen LogP contribution in [0.25, 0.3) is 0 Å². The quantitative estimate of drug-likeness (QED) is 0.654. The topological polar surface area (TPSA) is 67.9 Å². The molecule has 0 saturated carbocycles. The van der Waals surface area contributed by atoms with Crippen LogP contribution in [0.2, 0.25) is 0 Å². The molecule has 0 unspecified atom stereocenters. The van der Waals surface area contributed by atoms with Crippen molar-refractivity contribution in [1.82, 2.24) is 10.2 Å². The molecule has 0 aromatic rings. The molecule has 1 N–H and O–H groups in total. The van der Waals surface area contributed by atoms with Crippen molar-refractivity contribution in [2.75, 3.05) is 51.5 Å². The van der Waals surface area contributed by atoms with Crippen LogP contribution in [0.5, 0.6) is 0 Å². The Morgan fingerprint density at radius 1 is 1.32 bits per heavy atom. The SMILES string of the molecule is COCCOCC(=O)N[C@H](C)C(=O)N1CCSCC1. The van der Waals surface area contributed by atoms with Gasteiger partial charge in [0, 0.05) is 31.7 Å². The van der Waals surface area contributed by atoms with Crippen LogP contribution in [-0.2, 0) is 19.1 Å². The lowest BCUT2D eigenvalue weighted by molar-refractivity contribution is -0.137. The zero-order valence-electron chi connectivity index (χ0n) is 11.5. The lowest BCUT2D eigenvalue weighted by atomic mass is 10.2. The molecule has 1 atom stereocenters. The summed E-state index contributed by atoms with van der Waals surface area (Å²) in [6, 6.07) is -0.498. The highest BCUT2D eigenvalue weighted by molar-refractivity contribution is 7.99. The van der Waals surface area contributed by atoms with Gasteiger partial charge in [0.1, 0.15) is 12.6 Å². The molecule has 7 heteroatoms. The number of hydrogen-bond acceptors (Lipinski definition) is 5. The molecule has 0 spiro atoms. The molecule has 6 nitrogen and oxygen atoms in total. The van der Waals surface area contributed by atoms with Gasteiger partial charge >= 0.3 is 0 Å². The van der Waals surface area contributed by atoms with Gasteiger partial charge in [0.25, 0.3) is 0 Å². The Hall–Kier alpha value is -0.790. The maximum Gasteiger partial charge on any atom is 0.246 e. The number of carbonyl (C=O) groups excluding carboxylic acids is 2. The van der Waals surface area contributed by atoms with Crippen LogP contribution in [0.3, 0.4) is 0 Å². The van der Waals surface area contributed by atoms with Crippen LogP contribution < -0.4 is 5.32 Å². The van der Waals surface area contributed by atoms with E-state index in [0.717, 1.165) is 24.6 Å². The summed E-state index contributed by atoms with van der Waals surface area (Å²) in [4.78, 5) is 25.4. The number of rotatable bonds is 7. The minimum absolute atomic E-state index is 0.0226. The lowest BCUT2D eigenvalue weighted by Gasteiger charge is -2.29. The number of nitrogens with one attached hydrogen (secondary N) is 1. The molecule has 110 valence electrons. The van der Waals surface area contributed by atoms with E-state index in [9.17, 15) is 9.59 Å². The highest BCUT2D eigenvalue weighted by Crippen LogP contribution is 2.10. The van der Waals surface area contributed by atoms with Crippen molar-refractivity contribution in [3.8, 4) is 0 Å². The van der Waals surface area contributed by atoms with Crippen molar-refractivity contribution in [2.45, 2.75) is 13.0 Å². The zero-order chi connectivity index (χ0) is 14.1. The average molecular weight is 290 g/mol. The molecule has 0 radical (unpaired) electrons. The van der Waals surface area contributed by atoms with Crippen molar-refractivity contribution in [1.29, 1.82) is 0 Å². The first-order valence-electron chi connectivity index (χ1n) is 6.37. The largest absolute Gasteiger partial charge is 0.382 e. The number of carbonyl (C=O) groups is 2. The Kier molecular flexibility index (Phi) is 7.85. The standard InChI is InChI=1S/C12H22N2O4S/c1-10(12(16)14-3-7-19-8-4-14)13-11(15)9-18-6-5-17-2/h10H,3-9H2,1-2H3,(H,13,15)/t10-/m1/s1. The van der Waals surface area contributed by atoms with Crippen molar-refractivity contribution < 1.29 is 19.1 Å². The smallest absolute Gasteiger partial charge is 0.246 e. The van der Waals surface area contributed by atoms with E-state index in [4.69, 9.17) is 9.47 Å². The highest BCUT2D eigenvalue weighted by atomic mass is 32.2. The van der Waals surface area contributed by atoms with Crippen LogP contribution in [0, 0.1) is 0 Å². The minimum Gasteiger partial charge on any atom is -0.382 e. The summed E-state index contributed by atoms with van der Waals surface area (Å²) in [6.07, 6.45) is 0. The maximum absolute atomic E-state index is 12.1. The number of amides is 2. The van der Waals surface area contributed by atoms with Crippen molar-refractivity contribution >= 4 is 23.6 Å². The molecule has 0 bridgehead atoms. The Labute approximate surface area is 118 Å². The maximum atomic E-state index is 12.1. The van der Waals surface area contributed by atoms with E-state index in [0.29, 0.717) is 13.2 Å². The molecule has 0 aromatic heterocycles. The van der Waals surface area contributed by atoms with Gasteiger partial charge < -0.3 is 19.7 Å². The van der Waals surface area contributed by atoms with E-state index in [1.54, 1.807) is 18.9 Å². The van der Waals surface area contributed by atoms with Gasteiger partial charge in [-0.05, 0) is 6.92 Å². The van der Waals surface area contributed by atoms with Crippen LogP contribution in [0.4, 0.5) is 0 Å². The molecular weight excluding hydrogens is 268 g/mol. The number of hydrogen-bond donors (Lipinski definition) is 1. The summed E-state index contributed by atoms with van der Waals surface area (Å²) in [5, 5.41) is 2.65. The molecule has 0 aromatic carbocycles. The summed E-state index contributed by atoms with van der Waals surface area (Å²) < 4.78 is 9.90. The van der Waals surface area contributed by atoms with E-state index in [-0.39, 0.29) is 18.4 Å². The number of methoxy groups -OCH3 is 1. The van der Waals surface area contributed by atoms with Gasteiger partial charge in [-0.15, -0.1) is 0 Å². The first-order valence-corrected chi connectivity index (χ1v) is 7.53. The van der Waals surface area contributed by atoms with Crippen molar-refractivity contribution in [3.05, 3.63) is 0 Å². The second kappa shape index (κ2) is 9.17. The average Bonchev–Trinajstić information content (AvgIpc) is 2.43. The van der Waals surface area contributed by atoms with Gasteiger partial charge in [0.2, 0.25) is 11.8 Å². The minimum atomic E-state index is -0.498. The van der Waals surface area contributed by atoms with Crippen LogP contribution in [0.15, 0.2) is 0 Å². The molecule has 1 aliphatic rings. The Bertz CT molecular complexity index is 295. The van der Waals surface area contributed by atoms with E-state index in [2.05, 4.69) is 5.32 Å². The number of nitrogens with zero attached hydrogens (tertiary/aromatic N) is 1. The fourth-order valence-corrected chi connectivity index (χ4v) is 2.61. The second-order valence-corrected chi connectivity index (χ2v) is 5.50. The molecule has 0 aliphatic carbocycles. The van der Waals surface area contributed by atoms with Crippen LogP contribution >= 0.6 is 11.8 Å². The zero-order valence-corrected chi connectivity index (χ0v) is 12.3. The Morgan fingerprint density at radius 2 is 2.00 bits per heavy atom. The molecule has 19 heavy (non-hydrogen) atoms. The predicted octanol–water partition coefficient (Wildman–Crippen LogP) is -0.270. The molecular formula is C12H22N2O4S. The van der Waals surface area contributed by atoms with Crippen LogP contribution in [-0.4, -0.2) is 74.3 Å². The van der Waals surface area contributed by atoms with E-state index in [1.165, 1.54) is 0 Å². The third kappa shape index (κ3) is 6.26. The predicted molar refractivity (Wildman–Crippen MR) is 74.2 cm³/mol. The molecule has 1 heterocycles. The summed E-state index contributed by atoms with van der Waals surface area (Å²) in [5.41, 5.74) is 0. The summed E-state index contributed by atoms with van der Waals surface area (Å²) >= 11 is 1.84. The first kappa shape index (κ1) is 16.3. The molecule has 2 amide bonds. The molecule has 1 saturated heterocycles. The normalized spacial score (nSPS) is 17.1. The lowest BCUT2D eigenvalue weighted by Crippen LogP contribution is -2.50. The fraction of sp³-hybridized carbons (Fsp3) is 0.833. The van der Waals surface area contributed by atoms with Gasteiger partial charge in [-0.2, -0.15) is 11.8 Å². The second-order valence-electron chi connectivity index (χ2n) is 4.27. The van der Waals surface area contributed by atoms with Crippen molar-refractivity contribution in [3.63, 3.8) is 0 Å². The van der Waals surface area contributed by atoms with E-state index >= 15 is 0 Å². The van der Waals surface area contributed by atoms with E-state index < -0.39 is 6.04 Å². The molecule has 1 aliphatic heterocycles. The third-order valence-electron chi connectivity index (χ3n) is 2.74. The Balaban J connectivity index is 2.22. The van der Waals surface area contributed by atoms with Gasteiger partial charge in [-0.1, -0.05) is 0 Å². The molecule has 1 fully saturated rings. The number of ether oxygens (including phenoxy) is 2. The van der Waals surface area contributed by atoms with Gasteiger partial charge in [0.15, 0.2) is 0 Å². The summed E-state index contributed by atoms with van der Waals surface area (Å²) in [5.74, 6) is 1.63. The monoisotopic (exact) mass is 290 g/mol. The van der Waals surface area contributed by atoms with Gasteiger partial charge in [-0.3, -0.25) is 9.59 Å². The molecule has 1 rings (SSSR count). The summed E-state index contributed by atoms with van der Waals surface area (Å²) in [7, 11) is 1.57. The summed E-state index contributed by atoms with van der Waals surface area (Å²) in [6.45, 7) is 4.00. The Morgan fingerprint density at radius 3 is 2.63 bits per heavy atom. The third-order valence-corrected chi connectivity index (χ3v) is 3.68. The van der Waals surface area contributed by atoms with Gasteiger partial charge in [0.05, 0.1) is 13.2 Å².